The molecular formula is C4H9NOS2. The van der Waals surface area contributed by atoms with E-state index in [4.69, 9.17) is 5.73 Å². The van der Waals surface area contributed by atoms with Gasteiger partial charge in [-0.05, 0) is 6.42 Å². The van der Waals surface area contributed by atoms with Crippen molar-refractivity contribution in [1.82, 2.24) is 0 Å². The van der Waals surface area contributed by atoms with Gasteiger partial charge < -0.3 is 5.73 Å². The van der Waals surface area contributed by atoms with Crippen LogP contribution in [0.4, 0.5) is 0 Å². The second kappa shape index (κ2) is 2.75. The van der Waals surface area contributed by atoms with E-state index in [2.05, 4.69) is 0 Å². The van der Waals surface area contributed by atoms with Crippen LogP contribution in [-0.2, 0) is 19.7 Å². The van der Waals surface area contributed by atoms with E-state index in [9.17, 15) is 4.21 Å². The summed E-state index contributed by atoms with van der Waals surface area (Å²) in [6.07, 6.45) is 1.05. The largest absolute Gasteiger partial charge is 0.327 e. The van der Waals surface area contributed by atoms with Gasteiger partial charge in [0.1, 0.15) is 10.2 Å². The minimum atomic E-state index is 0.0718. The molecule has 2 N–H and O–H groups in total. The molecule has 0 radical (unpaired) electrons. The molecule has 2 nitrogen and oxygen atoms in total. The maximum atomic E-state index is 10.2. The Balaban J connectivity index is 2.56. The quantitative estimate of drug-likeness (QED) is 0.505. The molecule has 0 spiro atoms. The average Bonchev–Trinajstić information content (AvgIpc) is 2.14. The van der Waals surface area contributed by atoms with Crippen LogP contribution in [0, 0.1) is 0 Å². The standard InChI is InChI=1S/C4H9NOS2/c5-4-1-2-8(3-4)7-6/h4H,1-3,5H2/t4-,8?/m0/s1. The predicted molar refractivity (Wildman–Crippen MR) is 37.8 cm³/mol. The van der Waals surface area contributed by atoms with E-state index < -0.39 is 0 Å². The Bertz CT molecular complexity index is 141. The summed E-state index contributed by atoms with van der Waals surface area (Å²) < 4.78 is 10.2. The van der Waals surface area contributed by atoms with Gasteiger partial charge in [-0.1, -0.05) is 9.45 Å². The Labute approximate surface area is 54.1 Å². The molecule has 1 aliphatic heterocycles. The Morgan fingerprint density at radius 2 is 2.50 bits per heavy atom. The summed E-state index contributed by atoms with van der Waals surface area (Å²) in [6.45, 7) is 0. The first-order valence-corrected chi connectivity index (χ1v) is 5.38. The molecule has 0 saturated carbocycles. The third-order valence-corrected chi connectivity index (χ3v) is 4.38. The number of hydrogen-bond acceptors (Lipinski definition) is 2. The molecule has 0 aromatic rings. The molecule has 0 amide bonds. The van der Waals surface area contributed by atoms with Crippen molar-refractivity contribution in [2.24, 2.45) is 5.73 Å². The van der Waals surface area contributed by atoms with Crippen molar-refractivity contribution in [1.29, 1.82) is 0 Å². The Morgan fingerprint density at radius 3 is 2.75 bits per heavy atom. The van der Waals surface area contributed by atoms with Gasteiger partial charge >= 0.3 is 0 Å². The molecule has 1 unspecified atom stereocenters. The lowest BCUT2D eigenvalue weighted by Crippen LogP contribution is -2.18. The molecule has 48 valence electrons. The van der Waals surface area contributed by atoms with Crippen LogP contribution < -0.4 is 5.73 Å². The third kappa shape index (κ3) is 1.40. The molecule has 1 heterocycles. The van der Waals surface area contributed by atoms with E-state index in [1.807, 2.05) is 0 Å². The fourth-order valence-electron chi connectivity index (χ4n) is 0.750. The number of rotatable bonds is 0. The highest BCUT2D eigenvalue weighted by Crippen LogP contribution is 2.04. The highest BCUT2D eigenvalue weighted by molar-refractivity contribution is 8.31. The van der Waals surface area contributed by atoms with Crippen molar-refractivity contribution in [2.45, 2.75) is 12.5 Å². The van der Waals surface area contributed by atoms with E-state index >= 15 is 0 Å². The smallest absolute Gasteiger partial charge is 0.120 e. The second-order valence-corrected chi connectivity index (χ2v) is 5.51. The van der Waals surface area contributed by atoms with E-state index in [-0.39, 0.29) is 9.45 Å². The van der Waals surface area contributed by atoms with Crippen LogP contribution in [0.1, 0.15) is 6.42 Å². The van der Waals surface area contributed by atoms with Crippen LogP contribution in [0.3, 0.4) is 0 Å². The van der Waals surface area contributed by atoms with E-state index in [1.54, 1.807) is 0 Å². The van der Waals surface area contributed by atoms with Crippen LogP contribution in [0.25, 0.3) is 0 Å². The molecule has 1 aliphatic rings. The average molecular weight is 151 g/mol. The summed E-state index contributed by atoms with van der Waals surface area (Å²) in [7, 11) is 0.806. The fourth-order valence-corrected chi connectivity index (χ4v) is 3.43. The van der Waals surface area contributed by atoms with Gasteiger partial charge in [-0.15, -0.1) is 0 Å². The van der Waals surface area contributed by atoms with Crippen LogP contribution in [0.15, 0.2) is 0 Å². The zero-order valence-corrected chi connectivity index (χ0v) is 6.13. The van der Waals surface area contributed by atoms with Gasteiger partial charge in [0.25, 0.3) is 0 Å². The minimum absolute atomic E-state index is 0.0718. The van der Waals surface area contributed by atoms with Crippen molar-refractivity contribution in [2.75, 3.05) is 11.5 Å². The SMILES string of the molecule is N[C@H]1CCS(=S=O)C1. The van der Waals surface area contributed by atoms with Crippen molar-refractivity contribution in [3.8, 4) is 0 Å². The lowest BCUT2D eigenvalue weighted by Gasteiger charge is -1.92. The Hall–Kier alpha value is 0.330. The van der Waals surface area contributed by atoms with Gasteiger partial charge in [-0.2, -0.15) is 0 Å². The zero-order valence-electron chi connectivity index (χ0n) is 4.50. The van der Waals surface area contributed by atoms with Crippen LogP contribution in [0.2, 0.25) is 0 Å². The van der Waals surface area contributed by atoms with Gasteiger partial charge in [-0.3, -0.25) is 0 Å². The third-order valence-electron chi connectivity index (χ3n) is 1.21. The van der Waals surface area contributed by atoms with Gasteiger partial charge in [-0.25, -0.2) is 4.21 Å². The molecule has 4 heteroatoms. The molecule has 1 rings (SSSR count). The van der Waals surface area contributed by atoms with Gasteiger partial charge in [0.2, 0.25) is 0 Å². The maximum Gasteiger partial charge on any atom is 0.120 e. The fraction of sp³-hybridized carbons (Fsp3) is 1.00. The van der Waals surface area contributed by atoms with Crippen molar-refractivity contribution in [3.05, 3.63) is 0 Å². The molecule has 0 aromatic carbocycles. The van der Waals surface area contributed by atoms with Crippen LogP contribution in [-0.4, -0.2) is 21.8 Å². The summed E-state index contributed by atoms with van der Waals surface area (Å²) in [5.41, 5.74) is 5.56. The van der Waals surface area contributed by atoms with E-state index in [0.29, 0.717) is 6.04 Å². The summed E-state index contributed by atoms with van der Waals surface area (Å²) in [4.78, 5) is 0. The first-order chi connectivity index (χ1) is 3.83. The number of nitrogens with two attached hydrogens (primary N) is 1. The van der Waals surface area contributed by atoms with Crippen molar-refractivity contribution >= 4 is 19.7 Å². The first-order valence-electron chi connectivity index (χ1n) is 2.56. The summed E-state index contributed by atoms with van der Waals surface area (Å²) >= 11 is 0. The van der Waals surface area contributed by atoms with Crippen molar-refractivity contribution in [3.63, 3.8) is 0 Å². The summed E-state index contributed by atoms with van der Waals surface area (Å²) in [6, 6.07) is 0.319. The molecule has 2 atom stereocenters. The Morgan fingerprint density at radius 1 is 1.75 bits per heavy atom. The van der Waals surface area contributed by atoms with E-state index in [1.165, 1.54) is 0 Å². The highest BCUT2D eigenvalue weighted by Gasteiger charge is 2.13. The van der Waals surface area contributed by atoms with Gasteiger partial charge in [0.15, 0.2) is 0 Å². The van der Waals surface area contributed by atoms with Gasteiger partial charge in [0, 0.05) is 17.5 Å². The minimum Gasteiger partial charge on any atom is -0.327 e. The molecule has 0 bridgehead atoms. The van der Waals surface area contributed by atoms with E-state index in [0.717, 1.165) is 28.2 Å². The monoisotopic (exact) mass is 151 g/mol. The lowest BCUT2D eigenvalue weighted by atomic mass is 10.3. The summed E-state index contributed by atoms with van der Waals surface area (Å²) in [5, 5.41) is 0. The van der Waals surface area contributed by atoms with Crippen LogP contribution in [0.5, 0.6) is 0 Å². The summed E-state index contributed by atoms with van der Waals surface area (Å²) in [5.74, 6) is 2.00. The molecule has 0 aliphatic carbocycles. The second-order valence-electron chi connectivity index (χ2n) is 1.93. The number of hydrogen-bond donors (Lipinski definition) is 1. The highest BCUT2D eigenvalue weighted by atomic mass is 32.8. The van der Waals surface area contributed by atoms with Crippen molar-refractivity contribution < 1.29 is 4.21 Å². The zero-order chi connectivity index (χ0) is 5.98. The normalized spacial score (nSPS) is 37.6. The maximum absolute atomic E-state index is 10.2. The topological polar surface area (TPSA) is 43.1 Å². The predicted octanol–water partition coefficient (Wildman–Crippen LogP) is -0.536. The van der Waals surface area contributed by atoms with Crippen LogP contribution >= 0.6 is 0 Å². The molecule has 1 saturated heterocycles. The van der Waals surface area contributed by atoms with Gasteiger partial charge in [0.05, 0.1) is 0 Å². The molecule has 1 fully saturated rings. The molecule has 8 heavy (non-hydrogen) atoms. The first kappa shape index (κ1) is 6.45. The lowest BCUT2D eigenvalue weighted by molar-refractivity contribution is 0.701. The molecular weight excluding hydrogens is 142 g/mol. The Kier molecular flexibility index (Phi) is 2.22. The molecule has 0 aromatic heterocycles.